The van der Waals surface area contributed by atoms with E-state index in [1.807, 2.05) is 0 Å². The van der Waals surface area contributed by atoms with Crippen molar-refractivity contribution in [3.05, 3.63) is 23.9 Å². The van der Waals surface area contributed by atoms with Crippen LogP contribution in [0, 0.1) is 0 Å². The summed E-state index contributed by atoms with van der Waals surface area (Å²) in [6.07, 6.45) is 2.78. The van der Waals surface area contributed by atoms with E-state index >= 15 is 0 Å². The maximum Gasteiger partial charge on any atom is 0.337 e. The second-order valence-electron chi connectivity index (χ2n) is 3.94. The minimum absolute atomic E-state index is 0.0296. The van der Waals surface area contributed by atoms with Gasteiger partial charge in [0, 0.05) is 19.3 Å². The first-order valence-electron chi connectivity index (χ1n) is 5.10. The van der Waals surface area contributed by atoms with Gasteiger partial charge >= 0.3 is 5.97 Å². The molecule has 0 bridgehead atoms. The lowest BCUT2D eigenvalue weighted by Crippen LogP contribution is -2.29. The molecule has 1 aromatic heterocycles. The summed E-state index contributed by atoms with van der Waals surface area (Å²) in [5.41, 5.74) is -0.0296. The highest BCUT2D eigenvalue weighted by Gasteiger charge is 2.35. The summed E-state index contributed by atoms with van der Waals surface area (Å²) in [6.45, 7) is 0. The molecule has 0 aliphatic heterocycles. The first-order valence-corrected chi connectivity index (χ1v) is 6.54. The highest BCUT2D eigenvalue weighted by Crippen LogP contribution is 2.29. The summed E-state index contributed by atoms with van der Waals surface area (Å²) in [6, 6.07) is 2.52. The Morgan fingerprint density at radius 2 is 2.12 bits per heavy atom. The minimum Gasteiger partial charge on any atom is -0.478 e. The molecule has 1 N–H and O–H groups in total. The van der Waals surface area contributed by atoms with Gasteiger partial charge in [-0.05, 0) is 25.0 Å². The number of rotatable bonds is 4. The molecule has 1 fully saturated rings. The average Bonchev–Trinajstić information content (AvgIpc) is 3.12. The number of aromatic nitrogens is 1. The minimum atomic E-state index is -3.59. The Bertz CT molecular complexity index is 534. The molecule has 1 aromatic rings. The van der Waals surface area contributed by atoms with Gasteiger partial charge in [0.05, 0.1) is 5.56 Å². The third-order valence-corrected chi connectivity index (χ3v) is 4.51. The number of aromatic carboxylic acids is 1. The van der Waals surface area contributed by atoms with Gasteiger partial charge < -0.3 is 5.11 Å². The van der Waals surface area contributed by atoms with Crippen molar-refractivity contribution in [2.24, 2.45) is 0 Å². The maximum absolute atomic E-state index is 12.0. The zero-order chi connectivity index (χ0) is 12.6. The van der Waals surface area contributed by atoms with E-state index in [0.29, 0.717) is 0 Å². The Morgan fingerprint density at radius 1 is 1.47 bits per heavy atom. The third kappa shape index (κ3) is 2.29. The lowest BCUT2D eigenvalue weighted by Gasteiger charge is -2.15. The fourth-order valence-corrected chi connectivity index (χ4v) is 2.77. The second-order valence-corrected chi connectivity index (χ2v) is 5.89. The Morgan fingerprint density at radius 3 is 2.53 bits per heavy atom. The molecule has 0 radical (unpaired) electrons. The highest BCUT2D eigenvalue weighted by atomic mass is 32.2. The van der Waals surface area contributed by atoms with Crippen molar-refractivity contribution in [1.82, 2.24) is 9.29 Å². The van der Waals surface area contributed by atoms with Gasteiger partial charge in [-0.2, -0.15) is 4.31 Å². The average molecular weight is 256 g/mol. The van der Waals surface area contributed by atoms with Gasteiger partial charge in [-0.25, -0.2) is 18.2 Å². The van der Waals surface area contributed by atoms with E-state index in [9.17, 15) is 13.2 Å². The van der Waals surface area contributed by atoms with Gasteiger partial charge in [0.1, 0.15) is 0 Å². The number of carboxylic acid groups (broad SMARTS) is 1. The molecule has 92 valence electrons. The summed E-state index contributed by atoms with van der Waals surface area (Å²) >= 11 is 0. The van der Waals surface area contributed by atoms with Gasteiger partial charge in [0.15, 0.2) is 5.03 Å². The number of hydrogen-bond donors (Lipinski definition) is 1. The molecule has 2 rings (SSSR count). The van der Waals surface area contributed by atoms with Crippen molar-refractivity contribution in [3.8, 4) is 0 Å². The standard InChI is InChI=1S/C10H12N2O4S/c1-12(8-3-4-8)17(15,16)9-5-2-7(6-11-9)10(13)14/h2,5-6,8H,3-4H2,1H3,(H,13,14). The molecule has 6 nitrogen and oxygen atoms in total. The Hall–Kier alpha value is -1.47. The van der Waals surface area contributed by atoms with Crippen LogP contribution in [-0.4, -0.2) is 41.9 Å². The zero-order valence-electron chi connectivity index (χ0n) is 9.20. The van der Waals surface area contributed by atoms with Crippen molar-refractivity contribution >= 4 is 16.0 Å². The van der Waals surface area contributed by atoms with E-state index < -0.39 is 16.0 Å². The molecule has 7 heteroatoms. The van der Waals surface area contributed by atoms with E-state index in [0.717, 1.165) is 19.0 Å². The molecule has 1 saturated carbocycles. The molecule has 1 aliphatic rings. The summed E-state index contributed by atoms with van der Waals surface area (Å²) in [5, 5.41) is 8.57. The van der Waals surface area contributed by atoms with E-state index in [4.69, 9.17) is 5.11 Å². The summed E-state index contributed by atoms with van der Waals surface area (Å²) in [7, 11) is -2.08. The summed E-state index contributed by atoms with van der Waals surface area (Å²) in [5.74, 6) is -1.13. The zero-order valence-corrected chi connectivity index (χ0v) is 10.0. The normalized spacial score (nSPS) is 16.1. The molecule has 17 heavy (non-hydrogen) atoms. The predicted molar refractivity (Wildman–Crippen MR) is 59.2 cm³/mol. The highest BCUT2D eigenvalue weighted by molar-refractivity contribution is 7.89. The molecular formula is C10H12N2O4S. The van der Waals surface area contributed by atoms with E-state index in [2.05, 4.69) is 4.98 Å². The van der Waals surface area contributed by atoms with Crippen molar-refractivity contribution in [1.29, 1.82) is 0 Å². The maximum atomic E-state index is 12.0. The molecule has 0 spiro atoms. The largest absolute Gasteiger partial charge is 0.478 e. The van der Waals surface area contributed by atoms with Crippen LogP contribution in [0.25, 0.3) is 0 Å². The lowest BCUT2D eigenvalue weighted by atomic mass is 10.3. The molecule has 1 aliphatic carbocycles. The van der Waals surface area contributed by atoms with Crippen LogP contribution in [0.4, 0.5) is 0 Å². The number of pyridine rings is 1. The fraction of sp³-hybridized carbons (Fsp3) is 0.400. The van der Waals surface area contributed by atoms with Crippen molar-refractivity contribution in [3.63, 3.8) is 0 Å². The third-order valence-electron chi connectivity index (χ3n) is 2.69. The van der Waals surface area contributed by atoms with Crippen molar-refractivity contribution < 1.29 is 18.3 Å². The van der Waals surface area contributed by atoms with Crippen LogP contribution in [0.5, 0.6) is 0 Å². The van der Waals surface area contributed by atoms with Gasteiger partial charge in [-0.15, -0.1) is 0 Å². The quantitative estimate of drug-likeness (QED) is 0.850. The smallest absolute Gasteiger partial charge is 0.337 e. The number of carboxylic acids is 1. The monoisotopic (exact) mass is 256 g/mol. The van der Waals surface area contributed by atoms with Crippen LogP contribution in [0.1, 0.15) is 23.2 Å². The Kier molecular flexibility index (Phi) is 2.88. The second kappa shape index (κ2) is 4.08. The Labute approximate surface area is 98.9 Å². The van der Waals surface area contributed by atoms with Gasteiger partial charge in [0.2, 0.25) is 0 Å². The molecule has 0 aromatic carbocycles. The molecular weight excluding hydrogens is 244 g/mol. The van der Waals surface area contributed by atoms with Gasteiger partial charge in [-0.3, -0.25) is 0 Å². The predicted octanol–water partition coefficient (Wildman–Crippen LogP) is 0.563. The Balaban J connectivity index is 2.30. The first-order chi connectivity index (χ1) is 7.93. The number of hydrogen-bond acceptors (Lipinski definition) is 4. The van der Waals surface area contributed by atoms with E-state index in [-0.39, 0.29) is 16.6 Å². The number of sulfonamides is 1. The van der Waals surface area contributed by atoms with Crippen LogP contribution in [0.3, 0.4) is 0 Å². The lowest BCUT2D eigenvalue weighted by molar-refractivity contribution is 0.0696. The van der Waals surface area contributed by atoms with Crippen LogP contribution < -0.4 is 0 Å². The van der Waals surface area contributed by atoms with Crippen molar-refractivity contribution in [2.75, 3.05) is 7.05 Å². The van der Waals surface area contributed by atoms with E-state index in [1.54, 1.807) is 0 Å². The number of nitrogens with zero attached hydrogens (tertiary/aromatic N) is 2. The summed E-state index contributed by atoms with van der Waals surface area (Å²) < 4.78 is 25.3. The summed E-state index contributed by atoms with van der Waals surface area (Å²) in [4.78, 5) is 14.3. The fourth-order valence-electron chi connectivity index (χ4n) is 1.44. The molecule has 0 atom stereocenters. The first kappa shape index (κ1) is 12.0. The molecule has 0 unspecified atom stereocenters. The topological polar surface area (TPSA) is 87.6 Å². The van der Waals surface area contributed by atoms with Gasteiger partial charge in [0.25, 0.3) is 10.0 Å². The van der Waals surface area contributed by atoms with E-state index in [1.165, 1.54) is 23.5 Å². The molecule has 1 heterocycles. The van der Waals surface area contributed by atoms with Crippen LogP contribution in [0.2, 0.25) is 0 Å². The van der Waals surface area contributed by atoms with Crippen LogP contribution in [-0.2, 0) is 10.0 Å². The van der Waals surface area contributed by atoms with Crippen LogP contribution in [0.15, 0.2) is 23.4 Å². The molecule has 0 amide bonds. The van der Waals surface area contributed by atoms with Crippen molar-refractivity contribution in [2.45, 2.75) is 23.9 Å². The van der Waals surface area contributed by atoms with Gasteiger partial charge in [-0.1, -0.05) is 0 Å². The number of carbonyl (C=O) groups is 1. The SMILES string of the molecule is CN(C1CC1)S(=O)(=O)c1ccc(C(=O)O)cn1. The molecule has 0 saturated heterocycles. The van der Waals surface area contributed by atoms with Crippen LogP contribution >= 0.6 is 0 Å².